The average Bonchev–Trinajstić information content (AvgIpc) is 3.31. The summed E-state index contributed by atoms with van der Waals surface area (Å²) in [6.45, 7) is 0.0175. The van der Waals surface area contributed by atoms with Crippen molar-refractivity contribution in [1.29, 1.82) is 0 Å². The Morgan fingerprint density at radius 1 is 1.09 bits per heavy atom. The fourth-order valence-corrected chi connectivity index (χ4v) is 3.51. The molecule has 0 bridgehead atoms. The Kier molecular flexibility index (Phi) is 5.68. The highest BCUT2D eigenvalue weighted by Gasteiger charge is 2.42. The van der Waals surface area contributed by atoms with E-state index in [1.165, 1.54) is 30.6 Å². The summed E-state index contributed by atoms with van der Waals surface area (Å²) in [5.41, 5.74) is -2.50. The minimum absolute atomic E-state index is 0.0601. The van der Waals surface area contributed by atoms with E-state index in [2.05, 4.69) is 20.2 Å². The van der Waals surface area contributed by atoms with Gasteiger partial charge in [-0.15, -0.1) is 0 Å². The van der Waals surface area contributed by atoms with Gasteiger partial charge in [-0.2, -0.15) is 18.3 Å². The molecule has 1 aromatic carbocycles. The first-order valence-corrected chi connectivity index (χ1v) is 9.64. The maximum atomic E-state index is 14.6. The molecule has 0 saturated carbocycles. The van der Waals surface area contributed by atoms with Crippen LogP contribution in [0, 0.1) is 5.82 Å². The van der Waals surface area contributed by atoms with E-state index >= 15 is 0 Å². The van der Waals surface area contributed by atoms with Gasteiger partial charge in [0.15, 0.2) is 23.1 Å². The molecule has 3 heterocycles. The van der Waals surface area contributed by atoms with Gasteiger partial charge in [0.1, 0.15) is 11.5 Å². The van der Waals surface area contributed by atoms with Gasteiger partial charge in [0.2, 0.25) is 0 Å². The number of halogens is 5. The fraction of sp³-hybridized carbons (Fsp3) is 0.200. The lowest BCUT2D eigenvalue weighted by molar-refractivity contribution is -0.167. The van der Waals surface area contributed by atoms with Crippen LogP contribution in [0.15, 0.2) is 47.4 Å². The molecule has 0 amide bonds. The van der Waals surface area contributed by atoms with Gasteiger partial charge in [0, 0.05) is 12.4 Å². The molecule has 0 aliphatic carbocycles. The van der Waals surface area contributed by atoms with Crippen LogP contribution in [0.3, 0.4) is 0 Å². The van der Waals surface area contributed by atoms with Crippen LogP contribution in [-0.4, -0.2) is 40.9 Å². The van der Waals surface area contributed by atoms with Crippen molar-refractivity contribution in [2.45, 2.75) is 25.4 Å². The van der Waals surface area contributed by atoms with E-state index < -0.39 is 41.3 Å². The first kappa shape index (κ1) is 22.8. The zero-order valence-electron chi connectivity index (χ0n) is 16.7. The zero-order valence-corrected chi connectivity index (χ0v) is 17.4. The number of aliphatic hydroxyl groups is 2. The summed E-state index contributed by atoms with van der Waals surface area (Å²) in [5.74, 6) is -3.82. The Morgan fingerprint density at radius 3 is 2.39 bits per heavy atom. The van der Waals surface area contributed by atoms with Crippen LogP contribution >= 0.6 is 11.6 Å². The summed E-state index contributed by atoms with van der Waals surface area (Å²) in [7, 11) is 0. The topological polar surface area (TPSA) is 110 Å². The molecular formula is C20H14ClF4N5O3. The second kappa shape index (κ2) is 8.21. The molecule has 2 N–H and O–H groups in total. The molecule has 8 nitrogen and oxygen atoms in total. The van der Waals surface area contributed by atoms with E-state index in [0.717, 1.165) is 19.2 Å². The van der Waals surface area contributed by atoms with Crippen molar-refractivity contribution in [3.05, 3.63) is 59.4 Å². The summed E-state index contributed by atoms with van der Waals surface area (Å²) in [6, 6.07) is 5.32. The van der Waals surface area contributed by atoms with Gasteiger partial charge in [0.05, 0.1) is 34.5 Å². The Morgan fingerprint density at radius 2 is 1.79 bits per heavy atom. The molecule has 0 atom stereocenters. The van der Waals surface area contributed by atoms with Crippen molar-refractivity contribution in [3.8, 4) is 34.0 Å². The highest BCUT2D eigenvalue weighted by Crippen LogP contribution is 2.45. The Balaban J connectivity index is 2.02. The second-order valence-electron chi connectivity index (χ2n) is 7.18. The Bertz CT molecular complexity index is 1280. The Hall–Kier alpha value is -3.35. The van der Waals surface area contributed by atoms with Crippen molar-refractivity contribution < 1.29 is 32.3 Å². The van der Waals surface area contributed by atoms with Crippen molar-refractivity contribution >= 4 is 11.6 Å². The summed E-state index contributed by atoms with van der Waals surface area (Å²) in [6.07, 6.45) is -1.48. The van der Waals surface area contributed by atoms with Crippen molar-refractivity contribution in [2.24, 2.45) is 0 Å². The molecule has 0 saturated heterocycles. The van der Waals surface area contributed by atoms with Crippen LogP contribution in [0.4, 0.5) is 17.6 Å². The molecule has 0 aliphatic rings. The van der Waals surface area contributed by atoms with E-state index in [-0.39, 0.29) is 27.7 Å². The van der Waals surface area contributed by atoms with E-state index in [1.54, 1.807) is 0 Å². The summed E-state index contributed by atoms with van der Waals surface area (Å²) >= 11 is 6.14. The van der Waals surface area contributed by atoms with Crippen molar-refractivity contribution in [3.63, 3.8) is 0 Å². The first-order valence-electron chi connectivity index (χ1n) is 9.27. The molecule has 4 aromatic rings. The van der Waals surface area contributed by atoms with Crippen molar-refractivity contribution in [2.75, 3.05) is 0 Å². The minimum atomic E-state index is -4.98. The molecule has 13 heteroatoms. The molecule has 172 valence electrons. The standard InChI is InChI=1S/C20H14ClF4N5O3/c1-19(31,32)9-30-17(20(23,24)25)10(8-28-30)16-14(18-26-6-3-7-27-18)15(29-33-16)13-11(21)4-2-5-12(13)22/h2-8,31-32H,9H2,1H3. The smallest absolute Gasteiger partial charge is 0.364 e. The lowest BCUT2D eigenvalue weighted by Crippen LogP contribution is -2.32. The monoisotopic (exact) mass is 483 g/mol. The fourth-order valence-electron chi connectivity index (χ4n) is 3.26. The lowest BCUT2D eigenvalue weighted by atomic mass is 10.0. The van der Waals surface area contributed by atoms with Crippen molar-refractivity contribution in [1.82, 2.24) is 24.9 Å². The lowest BCUT2D eigenvalue weighted by Gasteiger charge is -2.19. The molecular weight excluding hydrogens is 470 g/mol. The molecule has 0 radical (unpaired) electrons. The van der Waals surface area contributed by atoms with E-state index in [4.69, 9.17) is 16.1 Å². The number of alkyl halides is 3. The Labute approximate surface area is 188 Å². The van der Waals surface area contributed by atoms with Crippen LogP contribution in [-0.2, 0) is 12.7 Å². The molecule has 33 heavy (non-hydrogen) atoms. The molecule has 0 unspecified atom stereocenters. The quantitative estimate of drug-likeness (QED) is 0.324. The van der Waals surface area contributed by atoms with E-state index in [0.29, 0.717) is 4.68 Å². The SMILES string of the molecule is CC(O)(O)Cn1ncc(-c2onc(-c3c(F)cccc3Cl)c2-c2ncccn2)c1C(F)(F)F. The number of benzene rings is 1. The van der Waals surface area contributed by atoms with Crippen LogP contribution in [0.5, 0.6) is 0 Å². The molecule has 0 fully saturated rings. The molecule has 0 spiro atoms. The highest BCUT2D eigenvalue weighted by atomic mass is 35.5. The van der Waals surface area contributed by atoms with Gasteiger partial charge in [0.25, 0.3) is 0 Å². The first-order chi connectivity index (χ1) is 15.5. The number of aromatic nitrogens is 5. The molecule has 4 rings (SSSR count). The third kappa shape index (κ3) is 4.45. The molecule has 0 aliphatic heterocycles. The van der Waals surface area contributed by atoms with Crippen LogP contribution in [0.2, 0.25) is 5.02 Å². The van der Waals surface area contributed by atoms with Gasteiger partial charge in [-0.05, 0) is 25.1 Å². The van der Waals surface area contributed by atoms with Gasteiger partial charge in [-0.25, -0.2) is 14.4 Å². The second-order valence-corrected chi connectivity index (χ2v) is 7.59. The zero-order chi connectivity index (χ0) is 24.0. The number of rotatable bonds is 5. The van der Waals surface area contributed by atoms with Gasteiger partial charge in [-0.1, -0.05) is 22.8 Å². The minimum Gasteiger partial charge on any atom is -0.364 e. The van der Waals surface area contributed by atoms with Gasteiger partial charge >= 0.3 is 6.18 Å². The molecule has 3 aromatic heterocycles. The normalized spacial score (nSPS) is 12.4. The van der Waals surface area contributed by atoms with Gasteiger partial charge in [-0.3, -0.25) is 4.68 Å². The number of hydrogen-bond donors (Lipinski definition) is 2. The predicted octanol–water partition coefficient (Wildman–Crippen LogP) is 4.17. The summed E-state index contributed by atoms with van der Waals surface area (Å²) in [5, 5.41) is 26.6. The van der Waals surface area contributed by atoms with E-state index in [9.17, 15) is 27.8 Å². The summed E-state index contributed by atoms with van der Waals surface area (Å²) in [4.78, 5) is 8.09. The van der Waals surface area contributed by atoms with Crippen LogP contribution < -0.4 is 0 Å². The maximum Gasteiger partial charge on any atom is 0.433 e. The third-order valence-electron chi connectivity index (χ3n) is 4.48. The predicted molar refractivity (Wildman–Crippen MR) is 107 cm³/mol. The number of hydrogen-bond acceptors (Lipinski definition) is 7. The average molecular weight is 484 g/mol. The van der Waals surface area contributed by atoms with Gasteiger partial charge < -0.3 is 14.7 Å². The third-order valence-corrected chi connectivity index (χ3v) is 4.80. The number of nitrogens with zero attached hydrogens (tertiary/aromatic N) is 5. The summed E-state index contributed by atoms with van der Waals surface area (Å²) < 4.78 is 62.3. The maximum absolute atomic E-state index is 14.6. The highest BCUT2D eigenvalue weighted by molar-refractivity contribution is 6.33. The van der Waals surface area contributed by atoms with Crippen LogP contribution in [0.1, 0.15) is 12.6 Å². The van der Waals surface area contributed by atoms with E-state index in [1.807, 2.05) is 0 Å². The largest absolute Gasteiger partial charge is 0.433 e. The van der Waals surface area contributed by atoms with Crippen LogP contribution in [0.25, 0.3) is 34.0 Å².